The van der Waals surface area contributed by atoms with Crippen molar-refractivity contribution in [2.75, 3.05) is 6.61 Å². The van der Waals surface area contributed by atoms with Crippen LogP contribution in [0.4, 0.5) is 0 Å². The molecule has 0 aromatic carbocycles. The third-order valence-corrected chi connectivity index (χ3v) is 1.51. The zero-order valence-electron chi connectivity index (χ0n) is 7.61. The molecule has 6 N–H and O–H groups in total. The molecule has 7 nitrogen and oxygen atoms in total. The van der Waals surface area contributed by atoms with E-state index < -0.39 is 37.0 Å². The van der Waals surface area contributed by atoms with E-state index in [2.05, 4.69) is 0 Å². The minimum atomic E-state index is -2.20. The Labute approximate surface area is 91.8 Å². The fourth-order valence-electron chi connectivity index (χ4n) is 0.668. The number of rotatable bonds is 5. The van der Waals surface area contributed by atoms with Crippen LogP contribution in [0.25, 0.3) is 0 Å². The van der Waals surface area contributed by atoms with Crippen LogP contribution in [0.1, 0.15) is 0 Å². The molecule has 0 rings (SSSR count). The van der Waals surface area contributed by atoms with E-state index in [0.29, 0.717) is 0 Å². The summed E-state index contributed by atoms with van der Waals surface area (Å²) in [7, 11) is 0. The van der Waals surface area contributed by atoms with Crippen LogP contribution in [-0.4, -0.2) is 86.5 Å². The van der Waals surface area contributed by atoms with E-state index in [1.165, 1.54) is 0 Å². The third kappa shape index (κ3) is 4.39. The zero-order chi connectivity index (χ0) is 10.6. The Morgan fingerprint density at radius 1 is 1.07 bits per heavy atom. The standard InChI is InChI=1S/C6H12O7.Li/c7-1-2(8)3(9)4(10)5(11)6(12)13;/h2-5,7-11H,1H2,(H,12,13);/t2-,3-,4+,5-;/m1./s1. The molecule has 8 heteroatoms. The van der Waals surface area contributed by atoms with Crippen molar-refractivity contribution in [3.05, 3.63) is 0 Å². The summed E-state index contributed by atoms with van der Waals surface area (Å²) in [6.45, 7) is -0.843. The predicted octanol–water partition coefficient (Wildman–Crippen LogP) is -3.87. The van der Waals surface area contributed by atoms with Gasteiger partial charge in [-0.05, 0) is 0 Å². The SMILES string of the molecule is O=C(O)[C@H](O)[C@@H](O)[C@H](O)[C@H](O)CO.[Li]. The molecule has 0 aliphatic carbocycles. The molecule has 14 heavy (non-hydrogen) atoms. The first-order valence-corrected chi connectivity index (χ1v) is 3.47. The van der Waals surface area contributed by atoms with Gasteiger partial charge in [0.25, 0.3) is 0 Å². The summed E-state index contributed by atoms with van der Waals surface area (Å²) in [5.41, 5.74) is 0. The van der Waals surface area contributed by atoms with Crippen molar-refractivity contribution >= 4 is 24.8 Å². The number of carboxylic acids is 1. The molecule has 0 fully saturated rings. The van der Waals surface area contributed by atoms with Gasteiger partial charge in [0.15, 0.2) is 6.10 Å². The minimum Gasteiger partial charge on any atom is -0.479 e. The number of aliphatic hydroxyl groups is 5. The van der Waals surface area contributed by atoms with Gasteiger partial charge >= 0.3 is 5.97 Å². The Bertz CT molecular complexity index is 176. The van der Waals surface area contributed by atoms with Gasteiger partial charge < -0.3 is 30.6 Å². The molecule has 4 atom stereocenters. The van der Waals surface area contributed by atoms with Gasteiger partial charge in [0.05, 0.1) is 6.61 Å². The van der Waals surface area contributed by atoms with Gasteiger partial charge in [-0.15, -0.1) is 0 Å². The number of hydrogen-bond acceptors (Lipinski definition) is 6. The molecule has 0 aromatic heterocycles. The molecular weight excluding hydrogens is 191 g/mol. The molecule has 0 aliphatic rings. The normalized spacial score (nSPS) is 18.9. The molecule has 79 valence electrons. The maximum absolute atomic E-state index is 10.1. The first-order chi connectivity index (χ1) is 5.91. The summed E-state index contributed by atoms with van der Waals surface area (Å²) in [6.07, 6.45) is -7.84. The van der Waals surface area contributed by atoms with E-state index in [-0.39, 0.29) is 18.9 Å². The van der Waals surface area contributed by atoms with Crippen molar-refractivity contribution in [2.24, 2.45) is 0 Å². The number of carboxylic acid groups (broad SMARTS) is 1. The Balaban J connectivity index is 0. The molecule has 0 aliphatic heterocycles. The molecule has 0 amide bonds. The average molecular weight is 203 g/mol. The molecular formula is C6H12LiO7. The first-order valence-electron chi connectivity index (χ1n) is 3.47. The maximum atomic E-state index is 10.1. The van der Waals surface area contributed by atoms with Crippen molar-refractivity contribution in [3.63, 3.8) is 0 Å². The quantitative estimate of drug-likeness (QED) is 0.251. The van der Waals surface area contributed by atoms with Crippen molar-refractivity contribution in [1.29, 1.82) is 0 Å². The number of aliphatic hydroxyl groups excluding tert-OH is 5. The largest absolute Gasteiger partial charge is 0.479 e. The molecule has 0 saturated carbocycles. The summed E-state index contributed by atoms with van der Waals surface area (Å²) < 4.78 is 0. The second-order valence-corrected chi connectivity index (χ2v) is 2.51. The number of hydrogen-bond donors (Lipinski definition) is 6. The van der Waals surface area contributed by atoms with Crippen molar-refractivity contribution in [3.8, 4) is 0 Å². The first kappa shape index (κ1) is 16.3. The molecule has 0 bridgehead atoms. The van der Waals surface area contributed by atoms with Crippen LogP contribution < -0.4 is 0 Å². The molecule has 0 saturated heterocycles. The Kier molecular flexibility index (Phi) is 8.38. The fourth-order valence-corrected chi connectivity index (χ4v) is 0.668. The fraction of sp³-hybridized carbons (Fsp3) is 0.833. The van der Waals surface area contributed by atoms with Crippen LogP contribution in [0.5, 0.6) is 0 Å². The van der Waals surface area contributed by atoms with E-state index in [0.717, 1.165) is 0 Å². The second-order valence-electron chi connectivity index (χ2n) is 2.51. The summed E-state index contributed by atoms with van der Waals surface area (Å²) in [5.74, 6) is -1.73. The smallest absolute Gasteiger partial charge is 0.335 e. The summed E-state index contributed by atoms with van der Waals surface area (Å²) in [4.78, 5) is 10.1. The van der Waals surface area contributed by atoms with Crippen LogP contribution in [-0.2, 0) is 4.79 Å². The summed E-state index contributed by atoms with van der Waals surface area (Å²) in [5, 5.41) is 51.8. The number of carbonyl (C=O) groups is 1. The van der Waals surface area contributed by atoms with Gasteiger partial charge in [0.1, 0.15) is 18.3 Å². The van der Waals surface area contributed by atoms with E-state index in [9.17, 15) is 4.79 Å². The van der Waals surface area contributed by atoms with E-state index in [1.807, 2.05) is 0 Å². The Morgan fingerprint density at radius 3 is 1.79 bits per heavy atom. The molecule has 0 spiro atoms. The zero-order valence-corrected chi connectivity index (χ0v) is 7.61. The monoisotopic (exact) mass is 203 g/mol. The average Bonchev–Trinajstić information content (AvgIpc) is 2.12. The van der Waals surface area contributed by atoms with Gasteiger partial charge in [-0.25, -0.2) is 4.79 Å². The van der Waals surface area contributed by atoms with Crippen molar-refractivity contribution in [2.45, 2.75) is 24.4 Å². The van der Waals surface area contributed by atoms with E-state index in [1.54, 1.807) is 0 Å². The van der Waals surface area contributed by atoms with Crippen molar-refractivity contribution in [1.82, 2.24) is 0 Å². The molecule has 0 unspecified atom stereocenters. The van der Waals surface area contributed by atoms with Crippen LogP contribution >= 0.6 is 0 Å². The van der Waals surface area contributed by atoms with Gasteiger partial charge in [0.2, 0.25) is 0 Å². The van der Waals surface area contributed by atoms with Crippen LogP contribution in [0.2, 0.25) is 0 Å². The maximum Gasteiger partial charge on any atom is 0.335 e. The summed E-state index contributed by atoms with van der Waals surface area (Å²) in [6, 6.07) is 0. The van der Waals surface area contributed by atoms with Gasteiger partial charge in [-0.1, -0.05) is 0 Å². The third-order valence-electron chi connectivity index (χ3n) is 1.51. The molecule has 0 aromatic rings. The Hall–Kier alpha value is -0.133. The Morgan fingerprint density at radius 2 is 1.50 bits per heavy atom. The van der Waals surface area contributed by atoms with Crippen LogP contribution in [0.15, 0.2) is 0 Å². The van der Waals surface area contributed by atoms with Gasteiger partial charge in [-0.2, -0.15) is 0 Å². The topological polar surface area (TPSA) is 138 Å². The van der Waals surface area contributed by atoms with Gasteiger partial charge in [-0.3, -0.25) is 0 Å². The van der Waals surface area contributed by atoms with Crippen LogP contribution in [0.3, 0.4) is 0 Å². The summed E-state index contributed by atoms with van der Waals surface area (Å²) >= 11 is 0. The minimum absolute atomic E-state index is 0. The number of aliphatic carboxylic acids is 1. The molecule has 1 radical (unpaired) electrons. The van der Waals surface area contributed by atoms with E-state index in [4.69, 9.17) is 30.6 Å². The predicted molar refractivity (Wildman–Crippen MR) is 44.5 cm³/mol. The van der Waals surface area contributed by atoms with E-state index >= 15 is 0 Å². The van der Waals surface area contributed by atoms with Crippen molar-refractivity contribution < 1.29 is 35.4 Å². The van der Waals surface area contributed by atoms with Gasteiger partial charge in [0, 0.05) is 18.9 Å². The van der Waals surface area contributed by atoms with Crippen LogP contribution in [0, 0.1) is 0 Å². The second kappa shape index (κ2) is 7.20. The molecule has 0 heterocycles.